The van der Waals surface area contributed by atoms with Gasteiger partial charge in [-0.1, -0.05) is 52.5 Å². The highest BCUT2D eigenvalue weighted by atomic mass is 35.5. The number of fused-ring (bicyclic) bond motifs is 1. The van der Waals surface area contributed by atoms with Crippen LogP contribution in [-0.2, 0) is 23.1 Å². The number of halogens is 4. The van der Waals surface area contributed by atoms with E-state index in [4.69, 9.17) is 50.8 Å². The molecule has 1 amide bonds. The maximum atomic E-state index is 13.6. The fourth-order valence-electron chi connectivity index (χ4n) is 4.16. The number of nitrogens with one attached hydrogen (secondary N) is 1. The molecule has 0 aliphatic carbocycles. The molecule has 0 fully saturated rings. The average molecular weight is 665 g/mol. The lowest BCUT2D eigenvalue weighted by molar-refractivity contribution is 0.0948. The van der Waals surface area contributed by atoms with Gasteiger partial charge in [0.05, 0.1) is 38.4 Å². The first-order valence-corrected chi connectivity index (χ1v) is 15.2. The van der Waals surface area contributed by atoms with Crippen LogP contribution < -0.4 is 5.43 Å². The normalized spacial score (nSPS) is 12.0. The first-order valence-electron chi connectivity index (χ1n) is 12.3. The lowest BCUT2D eigenvalue weighted by Gasteiger charge is -2.22. The largest absolute Gasteiger partial charge is 0.459 e. The van der Waals surface area contributed by atoms with Gasteiger partial charge in [-0.2, -0.15) is 9.41 Å². The van der Waals surface area contributed by atoms with E-state index in [1.54, 1.807) is 60.0 Å². The second-order valence-corrected chi connectivity index (χ2v) is 12.7. The summed E-state index contributed by atoms with van der Waals surface area (Å²) in [5.41, 5.74) is 4.45. The lowest BCUT2D eigenvalue weighted by Crippen LogP contribution is -2.30. The number of aryl methyl sites for hydroxylation is 1. The molecule has 5 aromatic rings. The Hall–Kier alpha value is -3.38. The van der Waals surface area contributed by atoms with Crippen molar-refractivity contribution < 1.29 is 17.6 Å². The van der Waals surface area contributed by atoms with Gasteiger partial charge in [0.25, 0.3) is 5.91 Å². The van der Waals surface area contributed by atoms with Gasteiger partial charge in [0.15, 0.2) is 0 Å². The van der Waals surface area contributed by atoms with E-state index in [1.165, 1.54) is 34.8 Å². The minimum atomic E-state index is -3.98. The second-order valence-electron chi connectivity index (χ2n) is 9.10. The number of furan rings is 1. The highest BCUT2D eigenvalue weighted by Gasteiger charge is 2.26. The fourth-order valence-corrected chi connectivity index (χ4v) is 6.16. The molecule has 216 valence electrons. The Labute approximate surface area is 261 Å². The van der Waals surface area contributed by atoms with Gasteiger partial charge in [-0.15, -0.1) is 0 Å². The van der Waals surface area contributed by atoms with Gasteiger partial charge in [-0.3, -0.25) is 9.20 Å². The first kappa shape index (κ1) is 30.1. The van der Waals surface area contributed by atoms with E-state index in [9.17, 15) is 13.2 Å². The molecule has 0 aliphatic heterocycles. The molecular weight excluding hydrogens is 644 g/mol. The van der Waals surface area contributed by atoms with Gasteiger partial charge >= 0.3 is 0 Å². The number of sulfonamides is 1. The molecule has 0 saturated heterocycles. The Kier molecular flexibility index (Phi) is 8.93. The van der Waals surface area contributed by atoms with E-state index in [0.717, 1.165) is 0 Å². The Balaban J connectivity index is 1.34. The summed E-state index contributed by atoms with van der Waals surface area (Å²) in [6.07, 6.45) is 2.90. The Morgan fingerprint density at radius 2 is 1.71 bits per heavy atom. The van der Waals surface area contributed by atoms with E-state index < -0.39 is 15.9 Å². The minimum Gasteiger partial charge on any atom is -0.459 e. The zero-order chi connectivity index (χ0) is 30.0. The van der Waals surface area contributed by atoms with Crippen molar-refractivity contribution >= 4 is 74.2 Å². The van der Waals surface area contributed by atoms with Crippen LogP contribution in [0.15, 0.2) is 87.3 Å². The predicted octanol–water partition coefficient (Wildman–Crippen LogP) is 7.00. The number of hydrogen-bond acceptors (Lipinski definition) is 6. The van der Waals surface area contributed by atoms with Crippen molar-refractivity contribution in [3.8, 4) is 0 Å². The molecule has 0 radical (unpaired) electrons. The van der Waals surface area contributed by atoms with E-state index in [-0.39, 0.29) is 23.7 Å². The summed E-state index contributed by atoms with van der Waals surface area (Å²) in [5, 5.41) is 5.51. The molecule has 2 aromatic carbocycles. The van der Waals surface area contributed by atoms with Crippen molar-refractivity contribution in [3.63, 3.8) is 0 Å². The van der Waals surface area contributed by atoms with Crippen LogP contribution in [0.25, 0.3) is 5.65 Å². The number of benzene rings is 2. The van der Waals surface area contributed by atoms with Crippen LogP contribution in [0.1, 0.15) is 33.3 Å². The summed E-state index contributed by atoms with van der Waals surface area (Å²) >= 11 is 24.3. The van der Waals surface area contributed by atoms with Crippen molar-refractivity contribution in [1.29, 1.82) is 0 Å². The number of rotatable bonds is 9. The monoisotopic (exact) mass is 663 g/mol. The highest BCUT2D eigenvalue weighted by Crippen LogP contribution is 2.27. The van der Waals surface area contributed by atoms with Gasteiger partial charge < -0.3 is 4.42 Å². The fraction of sp³-hybridized carbons (Fsp3) is 0.107. The second kappa shape index (κ2) is 12.5. The number of carbonyl (C=O) groups is 1. The minimum absolute atomic E-state index is 0.00922. The van der Waals surface area contributed by atoms with Crippen molar-refractivity contribution in [2.45, 2.75) is 24.9 Å². The molecule has 0 bridgehead atoms. The van der Waals surface area contributed by atoms with Crippen LogP contribution in [0, 0.1) is 6.92 Å². The Bertz CT molecular complexity index is 1920. The zero-order valence-electron chi connectivity index (χ0n) is 21.8. The molecule has 9 nitrogen and oxygen atoms in total. The molecule has 42 heavy (non-hydrogen) atoms. The molecule has 14 heteroatoms. The first-order chi connectivity index (χ1) is 20.0. The Morgan fingerprint density at radius 3 is 2.45 bits per heavy atom. The molecule has 5 rings (SSSR count). The summed E-state index contributed by atoms with van der Waals surface area (Å²) in [5.74, 6) is 0.140. The smallest absolute Gasteiger partial charge is 0.290 e. The SMILES string of the molecule is Cc1nc2ccc(Cl)cn2c1C(=O)N/N=C/c1ccc(CN(Cc2ccc(Cl)c(Cl)c2)S(=O)(=O)c2ccc(Cl)cc2)o1. The third-order valence-electron chi connectivity index (χ3n) is 6.14. The van der Waals surface area contributed by atoms with Gasteiger partial charge in [-0.25, -0.2) is 18.8 Å². The number of aromatic nitrogens is 2. The summed E-state index contributed by atoms with van der Waals surface area (Å²) < 4.78 is 35.9. The van der Waals surface area contributed by atoms with E-state index in [1.807, 2.05) is 0 Å². The van der Waals surface area contributed by atoms with E-state index >= 15 is 0 Å². The molecule has 3 heterocycles. The maximum Gasteiger partial charge on any atom is 0.290 e. The van der Waals surface area contributed by atoms with Crippen LogP contribution in [0.5, 0.6) is 0 Å². The number of pyridine rings is 1. The predicted molar refractivity (Wildman–Crippen MR) is 163 cm³/mol. The molecule has 0 aliphatic rings. The molecule has 0 spiro atoms. The summed E-state index contributed by atoms with van der Waals surface area (Å²) in [7, 11) is -3.98. The van der Waals surface area contributed by atoms with Crippen LogP contribution >= 0.6 is 46.4 Å². The topological polar surface area (TPSA) is 109 Å². The maximum absolute atomic E-state index is 13.6. The standard InChI is InChI=1S/C28H21Cl4N5O4S/c1-17-27(37-15-20(30)5-11-26(37)34-17)28(38)35-33-13-21-6-7-22(41-21)16-36(14-18-2-10-24(31)25(32)12-18)42(39,40)23-8-3-19(29)4-9-23/h2-13,15H,14,16H2,1H3,(H,35,38)/b33-13+. The molecule has 3 aromatic heterocycles. The van der Waals surface area contributed by atoms with Crippen molar-refractivity contribution in [2.75, 3.05) is 0 Å². The number of nitrogens with zero attached hydrogens (tertiary/aromatic N) is 4. The Morgan fingerprint density at radius 1 is 0.976 bits per heavy atom. The zero-order valence-corrected chi connectivity index (χ0v) is 25.6. The van der Waals surface area contributed by atoms with E-state index in [2.05, 4.69) is 15.5 Å². The molecule has 0 unspecified atom stereocenters. The number of hydrazone groups is 1. The number of hydrogen-bond donors (Lipinski definition) is 1. The molecule has 1 N–H and O–H groups in total. The highest BCUT2D eigenvalue weighted by molar-refractivity contribution is 7.89. The van der Waals surface area contributed by atoms with Gasteiger partial charge in [0.1, 0.15) is 22.9 Å². The van der Waals surface area contributed by atoms with Crippen LogP contribution in [0.2, 0.25) is 20.1 Å². The molecular formula is C28H21Cl4N5O4S. The van der Waals surface area contributed by atoms with Crippen molar-refractivity contribution in [2.24, 2.45) is 5.10 Å². The quantitative estimate of drug-likeness (QED) is 0.135. The van der Waals surface area contributed by atoms with Gasteiger partial charge in [0, 0.05) is 17.8 Å². The third-order valence-corrected chi connectivity index (χ3v) is 9.16. The lowest BCUT2D eigenvalue weighted by atomic mass is 10.2. The number of amides is 1. The average Bonchev–Trinajstić information content (AvgIpc) is 3.53. The summed E-state index contributed by atoms with van der Waals surface area (Å²) in [6, 6.07) is 17.4. The number of imidazole rings is 1. The van der Waals surface area contributed by atoms with Crippen LogP contribution in [-0.4, -0.2) is 34.2 Å². The summed E-state index contributed by atoms with van der Waals surface area (Å²) in [6.45, 7) is 1.60. The van der Waals surface area contributed by atoms with E-state index in [0.29, 0.717) is 48.5 Å². The van der Waals surface area contributed by atoms with Crippen molar-refractivity contribution in [3.05, 3.63) is 121 Å². The van der Waals surface area contributed by atoms with Crippen molar-refractivity contribution in [1.82, 2.24) is 19.1 Å². The molecule has 0 atom stereocenters. The van der Waals surface area contributed by atoms with Gasteiger partial charge in [-0.05, 0) is 73.2 Å². The van der Waals surface area contributed by atoms with Gasteiger partial charge in [0.2, 0.25) is 10.0 Å². The molecule has 0 saturated carbocycles. The van der Waals surface area contributed by atoms with Crippen LogP contribution in [0.4, 0.5) is 0 Å². The van der Waals surface area contributed by atoms with Crippen LogP contribution in [0.3, 0.4) is 0 Å². The number of carbonyl (C=O) groups excluding carboxylic acids is 1. The third kappa shape index (κ3) is 6.64. The summed E-state index contributed by atoms with van der Waals surface area (Å²) in [4.78, 5) is 17.2.